The molecule has 0 saturated carbocycles. The summed E-state index contributed by atoms with van der Waals surface area (Å²) in [6.07, 6.45) is 0. The quantitative estimate of drug-likeness (QED) is 0.901. The average molecular weight is 345 g/mol. The summed E-state index contributed by atoms with van der Waals surface area (Å²) in [4.78, 5) is 11.9. The van der Waals surface area contributed by atoms with Gasteiger partial charge in [-0.3, -0.25) is 4.79 Å². The topological polar surface area (TPSA) is 80.6 Å². The van der Waals surface area contributed by atoms with Crippen molar-refractivity contribution in [3.63, 3.8) is 0 Å². The van der Waals surface area contributed by atoms with E-state index in [1.54, 1.807) is 18.2 Å². The van der Waals surface area contributed by atoms with E-state index in [1.807, 2.05) is 18.2 Å². The fourth-order valence-corrected chi connectivity index (χ4v) is 2.37. The van der Waals surface area contributed by atoms with Gasteiger partial charge in [0.15, 0.2) is 18.1 Å². The van der Waals surface area contributed by atoms with Gasteiger partial charge in [0.1, 0.15) is 5.75 Å². The van der Waals surface area contributed by atoms with Crippen molar-refractivity contribution in [1.29, 1.82) is 5.26 Å². The zero-order chi connectivity index (χ0) is 16.9. The largest absolute Gasteiger partial charge is 0.482 e. The van der Waals surface area contributed by atoms with Crippen LogP contribution >= 0.6 is 11.6 Å². The van der Waals surface area contributed by atoms with E-state index in [4.69, 9.17) is 31.1 Å². The summed E-state index contributed by atoms with van der Waals surface area (Å²) < 4.78 is 15.9. The van der Waals surface area contributed by atoms with Crippen molar-refractivity contribution in [2.24, 2.45) is 0 Å². The number of nitrogens with zero attached hydrogens (tertiary/aromatic N) is 1. The first-order valence-corrected chi connectivity index (χ1v) is 7.51. The zero-order valence-electron chi connectivity index (χ0n) is 12.5. The van der Waals surface area contributed by atoms with Crippen LogP contribution in [0.15, 0.2) is 36.4 Å². The standard InChI is InChI=1S/C17H13ClN2O4/c18-13-5-11(7-19)1-3-14(13)22-9-17(21)20-8-12-2-4-15-16(6-12)24-10-23-15/h1-6H,8-10H2,(H,20,21). The van der Waals surface area contributed by atoms with Gasteiger partial charge in [-0.05, 0) is 35.9 Å². The lowest BCUT2D eigenvalue weighted by molar-refractivity contribution is -0.123. The van der Waals surface area contributed by atoms with Crippen LogP contribution in [0.1, 0.15) is 11.1 Å². The molecule has 0 atom stereocenters. The second-order valence-electron chi connectivity index (χ2n) is 5.01. The molecule has 0 fully saturated rings. The van der Waals surface area contributed by atoms with Crippen LogP contribution in [0, 0.1) is 11.3 Å². The fraction of sp³-hybridized carbons (Fsp3) is 0.176. The number of carbonyl (C=O) groups is 1. The summed E-state index contributed by atoms with van der Waals surface area (Å²) >= 11 is 5.99. The van der Waals surface area contributed by atoms with Gasteiger partial charge in [0.05, 0.1) is 16.7 Å². The number of halogens is 1. The van der Waals surface area contributed by atoms with Crippen LogP contribution < -0.4 is 19.5 Å². The van der Waals surface area contributed by atoms with Crippen molar-refractivity contribution in [2.45, 2.75) is 6.54 Å². The molecule has 0 bridgehead atoms. The molecule has 2 aromatic rings. The molecule has 1 aliphatic rings. The maximum atomic E-state index is 11.9. The monoisotopic (exact) mass is 344 g/mol. The van der Waals surface area contributed by atoms with Crippen molar-refractivity contribution in [1.82, 2.24) is 5.32 Å². The number of rotatable bonds is 5. The van der Waals surface area contributed by atoms with E-state index >= 15 is 0 Å². The molecule has 122 valence electrons. The third kappa shape index (κ3) is 3.70. The van der Waals surface area contributed by atoms with Crippen LogP contribution in [0.2, 0.25) is 5.02 Å². The van der Waals surface area contributed by atoms with E-state index in [9.17, 15) is 4.79 Å². The second-order valence-corrected chi connectivity index (χ2v) is 5.42. The highest BCUT2D eigenvalue weighted by molar-refractivity contribution is 6.32. The summed E-state index contributed by atoms with van der Waals surface area (Å²) in [5.74, 6) is 1.44. The number of nitrogens with one attached hydrogen (secondary N) is 1. The Hall–Kier alpha value is -2.91. The molecule has 0 aromatic heterocycles. The first-order chi connectivity index (χ1) is 11.7. The normalized spacial score (nSPS) is 11.7. The Labute approximate surface area is 143 Å². The maximum absolute atomic E-state index is 11.9. The van der Waals surface area contributed by atoms with Crippen molar-refractivity contribution in [2.75, 3.05) is 13.4 Å². The second kappa shape index (κ2) is 7.11. The molecule has 0 aliphatic carbocycles. The summed E-state index contributed by atoms with van der Waals surface area (Å²) in [6.45, 7) is 0.389. The Balaban J connectivity index is 1.50. The first kappa shape index (κ1) is 16.0. The summed E-state index contributed by atoms with van der Waals surface area (Å²) in [5.41, 5.74) is 1.32. The predicted molar refractivity (Wildman–Crippen MR) is 86.1 cm³/mol. The molecule has 3 rings (SSSR count). The van der Waals surface area contributed by atoms with Gasteiger partial charge in [-0.2, -0.15) is 5.26 Å². The number of hydrogen-bond acceptors (Lipinski definition) is 5. The van der Waals surface area contributed by atoms with E-state index in [-0.39, 0.29) is 24.3 Å². The third-order valence-corrected chi connectivity index (χ3v) is 3.64. The van der Waals surface area contributed by atoms with Crippen LogP contribution in [0.4, 0.5) is 0 Å². The minimum absolute atomic E-state index is 0.170. The number of amides is 1. The highest BCUT2D eigenvalue weighted by Gasteiger charge is 2.13. The van der Waals surface area contributed by atoms with Gasteiger partial charge in [0.25, 0.3) is 5.91 Å². The molecule has 6 nitrogen and oxygen atoms in total. The average Bonchev–Trinajstić information content (AvgIpc) is 3.06. The lowest BCUT2D eigenvalue weighted by Gasteiger charge is -2.09. The molecule has 1 aliphatic heterocycles. The maximum Gasteiger partial charge on any atom is 0.258 e. The Morgan fingerprint density at radius 1 is 1.25 bits per heavy atom. The van der Waals surface area contributed by atoms with Crippen molar-refractivity contribution < 1.29 is 19.0 Å². The van der Waals surface area contributed by atoms with Crippen LogP contribution in [-0.2, 0) is 11.3 Å². The van der Waals surface area contributed by atoms with Crippen LogP contribution in [0.3, 0.4) is 0 Å². The molecule has 7 heteroatoms. The number of nitriles is 1. The minimum Gasteiger partial charge on any atom is -0.482 e. The number of benzene rings is 2. The van der Waals surface area contributed by atoms with E-state index in [0.717, 1.165) is 5.56 Å². The van der Waals surface area contributed by atoms with Gasteiger partial charge >= 0.3 is 0 Å². The van der Waals surface area contributed by atoms with E-state index in [1.165, 1.54) is 6.07 Å². The highest BCUT2D eigenvalue weighted by atomic mass is 35.5. The Bertz CT molecular complexity index is 817. The van der Waals surface area contributed by atoms with Gasteiger partial charge in [0.2, 0.25) is 6.79 Å². The Kier molecular flexibility index (Phi) is 4.73. The molecular weight excluding hydrogens is 332 g/mol. The predicted octanol–water partition coefficient (Wildman–Crippen LogP) is 2.64. The molecule has 2 aromatic carbocycles. The minimum atomic E-state index is -0.284. The van der Waals surface area contributed by atoms with Gasteiger partial charge in [-0.15, -0.1) is 0 Å². The summed E-state index contributed by atoms with van der Waals surface area (Å²) in [5, 5.41) is 11.8. The van der Waals surface area contributed by atoms with Crippen LogP contribution in [0.5, 0.6) is 17.2 Å². The number of fused-ring (bicyclic) bond motifs is 1. The molecular formula is C17H13ClN2O4. The third-order valence-electron chi connectivity index (χ3n) is 3.35. The smallest absolute Gasteiger partial charge is 0.258 e. The van der Waals surface area contributed by atoms with Crippen molar-refractivity contribution in [3.05, 3.63) is 52.5 Å². The lowest BCUT2D eigenvalue weighted by Crippen LogP contribution is -2.28. The fourth-order valence-electron chi connectivity index (χ4n) is 2.13. The van der Waals surface area contributed by atoms with Gasteiger partial charge in [0, 0.05) is 6.54 Å². The number of hydrogen-bond donors (Lipinski definition) is 1. The lowest BCUT2D eigenvalue weighted by atomic mass is 10.2. The van der Waals surface area contributed by atoms with Crippen molar-refractivity contribution >= 4 is 17.5 Å². The Morgan fingerprint density at radius 2 is 2.08 bits per heavy atom. The van der Waals surface area contributed by atoms with E-state index in [2.05, 4.69) is 5.32 Å². The van der Waals surface area contributed by atoms with Crippen LogP contribution in [0.25, 0.3) is 0 Å². The van der Waals surface area contributed by atoms with Crippen LogP contribution in [-0.4, -0.2) is 19.3 Å². The molecule has 0 radical (unpaired) electrons. The molecule has 1 amide bonds. The molecule has 0 spiro atoms. The zero-order valence-corrected chi connectivity index (χ0v) is 13.3. The Morgan fingerprint density at radius 3 is 2.88 bits per heavy atom. The number of carbonyl (C=O) groups excluding carboxylic acids is 1. The van der Waals surface area contributed by atoms with E-state index < -0.39 is 0 Å². The first-order valence-electron chi connectivity index (χ1n) is 7.13. The summed E-state index contributed by atoms with van der Waals surface area (Å²) in [7, 11) is 0. The highest BCUT2D eigenvalue weighted by Crippen LogP contribution is 2.32. The molecule has 1 heterocycles. The van der Waals surface area contributed by atoms with Crippen molar-refractivity contribution in [3.8, 4) is 23.3 Å². The number of ether oxygens (including phenoxy) is 3. The van der Waals surface area contributed by atoms with Gasteiger partial charge in [-0.1, -0.05) is 17.7 Å². The van der Waals surface area contributed by atoms with Gasteiger partial charge in [-0.25, -0.2) is 0 Å². The summed E-state index contributed by atoms with van der Waals surface area (Å²) in [6, 6.07) is 12.1. The van der Waals surface area contributed by atoms with Gasteiger partial charge < -0.3 is 19.5 Å². The molecule has 1 N–H and O–H groups in total. The van der Waals surface area contributed by atoms with E-state index in [0.29, 0.717) is 29.4 Å². The molecule has 0 unspecified atom stereocenters. The molecule has 0 saturated heterocycles. The molecule has 24 heavy (non-hydrogen) atoms. The SMILES string of the molecule is N#Cc1ccc(OCC(=O)NCc2ccc3c(c2)OCO3)c(Cl)c1.